The van der Waals surface area contributed by atoms with E-state index in [1.54, 1.807) is 13.8 Å². The second-order valence-electron chi connectivity index (χ2n) is 8.13. The predicted molar refractivity (Wildman–Crippen MR) is 115 cm³/mol. The summed E-state index contributed by atoms with van der Waals surface area (Å²) in [6, 6.07) is 19.8. The van der Waals surface area contributed by atoms with Crippen molar-refractivity contribution in [2.75, 3.05) is 4.90 Å². The molecule has 0 atom stereocenters. The summed E-state index contributed by atoms with van der Waals surface area (Å²) in [6.45, 7) is 3.49. The molecule has 1 saturated heterocycles. The van der Waals surface area contributed by atoms with E-state index in [4.69, 9.17) is 0 Å². The van der Waals surface area contributed by atoms with E-state index < -0.39 is 29.1 Å². The number of carbonyl (C=O) groups excluding carboxylic acids is 2. The number of rotatable bonds is 5. The van der Waals surface area contributed by atoms with Gasteiger partial charge in [-0.05, 0) is 49.1 Å². The molecule has 1 aliphatic heterocycles. The van der Waals surface area contributed by atoms with Gasteiger partial charge in [-0.25, -0.2) is 18.5 Å². The quantitative estimate of drug-likeness (QED) is 0.526. The minimum Gasteiger partial charge on any atom is -0.305 e. The number of urea groups is 1. The predicted octanol–water partition coefficient (Wildman–Crippen LogP) is 5.30. The van der Waals surface area contributed by atoms with Gasteiger partial charge in [-0.15, -0.1) is 0 Å². The Morgan fingerprint density at radius 2 is 1.39 bits per heavy atom. The van der Waals surface area contributed by atoms with Gasteiger partial charge in [-0.2, -0.15) is 0 Å². The topological polar surface area (TPSA) is 40.6 Å². The first kappa shape index (κ1) is 20.7. The molecule has 158 valence electrons. The molecule has 3 aromatic rings. The Bertz CT molecular complexity index is 1130. The second-order valence-corrected chi connectivity index (χ2v) is 8.13. The number of anilines is 1. The lowest BCUT2D eigenvalue weighted by atomic mass is 9.97. The van der Waals surface area contributed by atoms with Crippen LogP contribution in [0.4, 0.5) is 19.3 Å². The maximum absolute atomic E-state index is 13.7. The Morgan fingerprint density at radius 3 is 2.03 bits per heavy atom. The molecule has 0 aliphatic carbocycles. The summed E-state index contributed by atoms with van der Waals surface area (Å²) in [6.07, 6.45) is 0.687. The zero-order valence-corrected chi connectivity index (χ0v) is 17.3. The Morgan fingerprint density at radius 1 is 0.806 bits per heavy atom. The van der Waals surface area contributed by atoms with E-state index in [9.17, 15) is 18.4 Å². The molecule has 3 aromatic carbocycles. The molecule has 0 bridgehead atoms. The Labute approximate surface area is 179 Å². The van der Waals surface area contributed by atoms with Crippen molar-refractivity contribution in [1.82, 2.24) is 4.90 Å². The van der Waals surface area contributed by atoms with Crippen molar-refractivity contribution in [3.8, 4) is 0 Å². The fraction of sp³-hybridized carbons (Fsp3) is 0.200. The smallest absolute Gasteiger partial charge is 0.305 e. The van der Waals surface area contributed by atoms with Crippen LogP contribution in [0.25, 0.3) is 0 Å². The van der Waals surface area contributed by atoms with Crippen molar-refractivity contribution in [3.05, 3.63) is 101 Å². The average molecular weight is 420 g/mol. The molecule has 1 aliphatic rings. The lowest BCUT2D eigenvalue weighted by molar-refractivity contribution is -0.123. The van der Waals surface area contributed by atoms with Gasteiger partial charge in [0.2, 0.25) is 0 Å². The summed E-state index contributed by atoms with van der Waals surface area (Å²) >= 11 is 0. The van der Waals surface area contributed by atoms with Gasteiger partial charge in [0, 0.05) is 12.6 Å². The Balaban J connectivity index is 1.66. The number of nitrogens with zero attached hydrogens (tertiary/aromatic N) is 2. The third kappa shape index (κ3) is 3.93. The maximum Gasteiger partial charge on any atom is 0.332 e. The molecule has 0 aromatic heterocycles. The summed E-state index contributed by atoms with van der Waals surface area (Å²) < 4.78 is 27.5. The van der Waals surface area contributed by atoms with Crippen LogP contribution >= 0.6 is 0 Å². The molecular formula is C25H22F2N2O2. The molecule has 31 heavy (non-hydrogen) atoms. The van der Waals surface area contributed by atoms with Crippen LogP contribution < -0.4 is 4.90 Å². The minimum absolute atomic E-state index is 0.111. The van der Waals surface area contributed by atoms with Crippen LogP contribution in [-0.4, -0.2) is 22.4 Å². The summed E-state index contributed by atoms with van der Waals surface area (Å²) in [7, 11) is 0. The monoisotopic (exact) mass is 420 g/mol. The number of hydrogen-bond acceptors (Lipinski definition) is 2. The van der Waals surface area contributed by atoms with Crippen molar-refractivity contribution in [2.45, 2.75) is 32.4 Å². The van der Waals surface area contributed by atoms with Crippen molar-refractivity contribution in [1.29, 1.82) is 0 Å². The number of carbonyl (C=O) groups is 2. The summed E-state index contributed by atoms with van der Waals surface area (Å²) in [5.41, 5.74) is 1.81. The zero-order valence-electron chi connectivity index (χ0n) is 17.3. The average Bonchev–Trinajstić information content (AvgIpc) is 2.89. The number of hydrogen-bond donors (Lipinski definition) is 0. The highest BCUT2D eigenvalue weighted by Gasteiger charge is 2.52. The van der Waals surface area contributed by atoms with Crippen LogP contribution in [0.2, 0.25) is 0 Å². The number of halogens is 2. The molecule has 1 heterocycles. The largest absolute Gasteiger partial charge is 0.332 e. The minimum atomic E-state index is -1.17. The van der Waals surface area contributed by atoms with E-state index in [-0.39, 0.29) is 12.2 Å². The Kier molecular flexibility index (Phi) is 5.31. The standard InChI is InChI=1S/C25H22F2N2O2/c1-25(2)23(30)29(22-14-20(26)13-21(27)15-22)24(31)28(25)16-19-11-7-6-10-18(19)12-17-8-4-3-5-9-17/h3-11,13-15H,12,16H2,1-2H3. The molecule has 0 saturated carbocycles. The molecule has 0 N–H and O–H groups in total. The van der Waals surface area contributed by atoms with Crippen molar-refractivity contribution < 1.29 is 18.4 Å². The number of amides is 3. The van der Waals surface area contributed by atoms with Gasteiger partial charge in [0.25, 0.3) is 5.91 Å². The van der Waals surface area contributed by atoms with Crippen LogP contribution in [0, 0.1) is 11.6 Å². The lowest BCUT2D eigenvalue weighted by Gasteiger charge is -2.28. The van der Waals surface area contributed by atoms with E-state index in [2.05, 4.69) is 0 Å². The molecule has 3 amide bonds. The van der Waals surface area contributed by atoms with Gasteiger partial charge >= 0.3 is 6.03 Å². The Hall–Kier alpha value is -3.54. The van der Waals surface area contributed by atoms with Crippen molar-refractivity contribution >= 4 is 17.6 Å². The van der Waals surface area contributed by atoms with E-state index in [0.717, 1.165) is 33.7 Å². The first-order valence-corrected chi connectivity index (χ1v) is 10.0. The van der Waals surface area contributed by atoms with Crippen molar-refractivity contribution in [2.24, 2.45) is 0 Å². The van der Waals surface area contributed by atoms with Gasteiger partial charge in [0.15, 0.2) is 0 Å². The van der Waals surface area contributed by atoms with Gasteiger partial charge in [0.05, 0.1) is 5.69 Å². The van der Waals surface area contributed by atoms with Crippen LogP contribution in [0.1, 0.15) is 30.5 Å². The van der Waals surface area contributed by atoms with Gasteiger partial charge in [-0.3, -0.25) is 4.79 Å². The normalized spacial score (nSPS) is 15.6. The van der Waals surface area contributed by atoms with Crippen molar-refractivity contribution in [3.63, 3.8) is 0 Å². The van der Waals surface area contributed by atoms with E-state index in [0.29, 0.717) is 12.5 Å². The molecule has 0 spiro atoms. The molecule has 4 rings (SSSR count). The van der Waals surface area contributed by atoms with Crippen LogP contribution in [0.15, 0.2) is 72.8 Å². The van der Waals surface area contributed by atoms with Crippen LogP contribution in [-0.2, 0) is 17.8 Å². The maximum atomic E-state index is 13.7. The lowest BCUT2D eigenvalue weighted by Crippen LogP contribution is -2.43. The molecule has 0 unspecified atom stereocenters. The fourth-order valence-electron chi connectivity index (χ4n) is 3.87. The first-order valence-electron chi connectivity index (χ1n) is 10.0. The van der Waals surface area contributed by atoms with E-state index >= 15 is 0 Å². The second kappa shape index (κ2) is 7.95. The fourth-order valence-corrected chi connectivity index (χ4v) is 3.87. The number of benzene rings is 3. The van der Waals surface area contributed by atoms with Gasteiger partial charge in [-0.1, -0.05) is 54.6 Å². The molecule has 6 heteroatoms. The zero-order chi connectivity index (χ0) is 22.2. The SMILES string of the molecule is CC1(C)C(=O)N(c2cc(F)cc(F)c2)C(=O)N1Cc1ccccc1Cc1ccccc1. The highest BCUT2D eigenvalue weighted by molar-refractivity contribution is 6.22. The van der Waals surface area contributed by atoms with E-state index in [1.165, 1.54) is 4.90 Å². The highest BCUT2D eigenvalue weighted by atomic mass is 19.1. The van der Waals surface area contributed by atoms with Gasteiger partial charge < -0.3 is 4.90 Å². The molecule has 4 nitrogen and oxygen atoms in total. The number of imide groups is 1. The third-order valence-corrected chi connectivity index (χ3v) is 5.61. The van der Waals surface area contributed by atoms with E-state index in [1.807, 2.05) is 54.6 Å². The third-order valence-electron chi connectivity index (χ3n) is 5.61. The summed E-state index contributed by atoms with van der Waals surface area (Å²) in [5, 5.41) is 0. The van der Waals surface area contributed by atoms with Crippen LogP contribution in [0.3, 0.4) is 0 Å². The van der Waals surface area contributed by atoms with Crippen LogP contribution in [0.5, 0.6) is 0 Å². The van der Waals surface area contributed by atoms with Gasteiger partial charge in [0.1, 0.15) is 17.2 Å². The molecule has 0 radical (unpaired) electrons. The summed E-state index contributed by atoms with van der Waals surface area (Å²) in [5.74, 6) is -2.22. The molecular weight excluding hydrogens is 398 g/mol. The highest BCUT2D eigenvalue weighted by Crippen LogP contribution is 2.34. The first-order chi connectivity index (χ1) is 14.8. The summed E-state index contributed by atoms with van der Waals surface area (Å²) in [4.78, 5) is 28.6. The molecule has 1 fully saturated rings.